The zero-order valence-corrected chi connectivity index (χ0v) is 15.0. The largest absolute Gasteiger partial charge is 0.438 e. The molecule has 0 fully saturated rings. The van der Waals surface area contributed by atoms with E-state index in [4.69, 9.17) is 4.42 Å². The van der Waals surface area contributed by atoms with Gasteiger partial charge in [0.15, 0.2) is 5.76 Å². The molecular weight excluding hydrogens is 342 g/mol. The summed E-state index contributed by atoms with van der Waals surface area (Å²) in [4.78, 5) is 12.3. The predicted molar refractivity (Wildman–Crippen MR) is 92.8 cm³/mol. The summed E-state index contributed by atoms with van der Waals surface area (Å²) in [5.41, 5.74) is 2.45. The molecule has 1 aromatic heterocycles. The number of carbonyl (C=O) groups excluding carboxylic acids is 1. The summed E-state index contributed by atoms with van der Waals surface area (Å²) in [5, 5.41) is 5.93. The summed E-state index contributed by atoms with van der Waals surface area (Å²) in [5.74, 6) is -0.463. The Balaban J connectivity index is 1.68. The van der Waals surface area contributed by atoms with Crippen LogP contribution in [0, 0.1) is 0 Å². The fraction of sp³-hybridized carbons (Fsp3) is 0.353. The van der Waals surface area contributed by atoms with Crippen LogP contribution in [0.1, 0.15) is 27.7 Å². The fourth-order valence-corrected chi connectivity index (χ4v) is 3.61. The molecule has 0 radical (unpaired) electrons. The Bertz CT molecular complexity index is 874. The minimum atomic E-state index is -3.69. The van der Waals surface area contributed by atoms with Crippen LogP contribution in [0.2, 0.25) is 0 Å². The van der Waals surface area contributed by atoms with Crippen molar-refractivity contribution < 1.29 is 17.6 Å². The molecule has 1 unspecified atom stereocenters. The number of rotatable bonds is 5. The summed E-state index contributed by atoms with van der Waals surface area (Å²) in [7, 11) is -0.878. The molecule has 1 aromatic carbocycles. The SMILES string of the molecule is CN(C)S(=O)(=O)c1ccc(C(=O)NCC2NCCc3ccccc32)o1. The van der Waals surface area contributed by atoms with E-state index >= 15 is 0 Å². The van der Waals surface area contributed by atoms with Crippen molar-refractivity contribution in [3.63, 3.8) is 0 Å². The number of carbonyl (C=O) groups is 1. The third-order valence-electron chi connectivity index (χ3n) is 4.22. The molecule has 134 valence electrons. The Morgan fingerprint density at radius 2 is 2.04 bits per heavy atom. The summed E-state index contributed by atoms with van der Waals surface area (Å²) < 4.78 is 30.3. The first-order valence-electron chi connectivity index (χ1n) is 8.01. The lowest BCUT2D eigenvalue weighted by molar-refractivity contribution is 0.0916. The van der Waals surface area contributed by atoms with Gasteiger partial charge in [0.05, 0.1) is 0 Å². The van der Waals surface area contributed by atoms with Gasteiger partial charge in [0.25, 0.3) is 15.9 Å². The molecule has 2 N–H and O–H groups in total. The molecule has 7 nitrogen and oxygen atoms in total. The molecule has 0 saturated carbocycles. The molecule has 1 amide bonds. The second kappa shape index (κ2) is 6.99. The van der Waals surface area contributed by atoms with E-state index in [1.54, 1.807) is 0 Å². The summed E-state index contributed by atoms with van der Waals surface area (Å²) in [6.45, 7) is 1.25. The molecule has 0 saturated heterocycles. The number of hydrogen-bond acceptors (Lipinski definition) is 5. The maximum atomic E-state index is 12.3. The molecule has 0 aliphatic carbocycles. The normalized spacial score (nSPS) is 17.3. The summed E-state index contributed by atoms with van der Waals surface area (Å²) >= 11 is 0. The first-order valence-corrected chi connectivity index (χ1v) is 9.45. The predicted octanol–water partition coefficient (Wildman–Crippen LogP) is 1.15. The average molecular weight is 363 g/mol. The Kier molecular flexibility index (Phi) is 4.94. The first kappa shape index (κ1) is 17.7. The Morgan fingerprint density at radius 1 is 1.28 bits per heavy atom. The molecule has 25 heavy (non-hydrogen) atoms. The fourth-order valence-electron chi connectivity index (χ4n) is 2.82. The van der Waals surface area contributed by atoms with Crippen molar-refractivity contribution in [1.29, 1.82) is 0 Å². The number of amides is 1. The van der Waals surface area contributed by atoms with Gasteiger partial charge in [-0.15, -0.1) is 0 Å². The number of sulfonamides is 1. The third-order valence-corrected chi connectivity index (χ3v) is 5.91. The number of furan rings is 1. The standard InChI is InChI=1S/C17H21N3O4S/c1-20(2)25(22,23)16-8-7-15(24-16)17(21)19-11-14-13-6-4-3-5-12(13)9-10-18-14/h3-8,14,18H,9-11H2,1-2H3,(H,19,21). The van der Waals surface area contributed by atoms with E-state index in [0.29, 0.717) is 6.54 Å². The van der Waals surface area contributed by atoms with Gasteiger partial charge in [-0.3, -0.25) is 4.79 Å². The average Bonchev–Trinajstić information content (AvgIpc) is 3.10. The number of fused-ring (bicyclic) bond motifs is 1. The second-order valence-corrected chi connectivity index (χ2v) is 8.15. The van der Waals surface area contributed by atoms with E-state index < -0.39 is 15.9 Å². The van der Waals surface area contributed by atoms with Crippen LogP contribution < -0.4 is 10.6 Å². The first-order chi connectivity index (χ1) is 11.9. The van der Waals surface area contributed by atoms with Crippen molar-refractivity contribution in [2.75, 3.05) is 27.2 Å². The van der Waals surface area contributed by atoms with Crippen molar-refractivity contribution in [2.45, 2.75) is 17.6 Å². The van der Waals surface area contributed by atoms with E-state index in [1.165, 1.54) is 37.4 Å². The topological polar surface area (TPSA) is 91.7 Å². The van der Waals surface area contributed by atoms with E-state index in [2.05, 4.69) is 16.7 Å². The van der Waals surface area contributed by atoms with Crippen LogP contribution in [0.4, 0.5) is 0 Å². The number of benzene rings is 1. The molecule has 3 rings (SSSR count). The van der Waals surface area contributed by atoms with Gasteiger partial charge in [0.2, 0.25) is 5.09 Å². The van der Waals surface area contributed by atoms with Gasteiger partial charge >= 0.3 is 0 Å². The monoisotopic (exact) mass is 363 g/mol. The Labute approximate surface area is 147 Å². The van der Waals surface area contributed by atoms with Crippen LogP contribution in [-0.2, 0) is 16.4 Å². The van der Waals surface area contributed by atoms with Crippen LogP contribution in [0.25, 0.3) is 0 Å². The third kappa shape index (κ3) is 3.60. The smallest absolute Gasteiger partial charge is 0.287 e. The Morgan fingerprint density at radius 3 is 2.80 bits per heavy atom. The zero-order valence-electron chi connectivity index (χ0n) is 14.2. The van der Waals surface area contributed by atoms with Crippen LogP contribution in [0.15, 0.2) is 45.9 Å². The quantitative estimate of drug-likeness (QED) is 0.831. The molecule has 8 heteroatoms. The van der Waals surface area contributed by atoms with Gasteiger partial charge in [-0.05, 0) is 36.2 Å². The van der Waals surface area contributed by atoms with E-state index in [-0.39, 0.29) is 16.9 Å². The highest BCUT2D eigenvalue weighted by Gasteiger charge is 2.24. The highest BCUT2D eigenvalue weighted by molar-refractivity contribution is 7.88. The van der Waals surface area contributed by atoms with Crippen LogP contribution in [0.5, 0.6) is 0 Å². The lowest BCUT2D eigenvalue weighted by atomic mass is 9.94. The van der Waals surface area contributed by atoms with Crippen molar-refractivity contribution >= 4 is 15.9 Å². The lowest BCUT2D eigenvalue weighted by Crippen LogP contribution is -2.38. The minimum Gasteiger partial charge on any atom is -0.438 e. The van der Waals surface area contributed by atoms with Crippen molar-refractivity contribution in [1.82, 2.24) is 14.9 Å². The highest BCUT2D eigenvalue weighted by Crippen LogP contribution is 2.22. The molecule has 2 heterocycles. The van der Waals surface area contributed by atoms with E-state index in [1.807, 2.05) is 18.2 Å². The van der Waals surface area contributed by atoms with Gasteiger partial charge in [0.1, 0.15) is 0 Å². The van der Waals surface area contributed by atoms with Crippen molar-refractivity contribution in [3.8, 4) is 0 Å². The second-order valence-electron chi connectivity index (χ2n) is 6.07. The van der Waals surface area contributed by atoms with Gasteiger partial charge in [-0.1, -0.05) is 24.3 Å². The lowest BCUT2D eigenvalue weighted by Gasteiger charge is -2.27. The van der Waals surface area contributed by atoms with E-state index in [0.717, 1.165) is 17.3 Å². The molecular formula is C17H21N3O4S. The van der Waals surface area contributed by atoms with E-state index in [9.17, 15) is 13.2 Å². The van der Waals surface area contributed by atoms with Gasteiger partial charge < -0.3 is 15.1 Å². The van der Waals surface area contributed by atoms with Crippen LogP contribution in [0.3, 0.4) is 0 Å². The molecule has 0 spiro atoms. The maximum Gasteiger partial charge on any atom is 0.287 e. The summed E-state index contributed by atoms with van der Waals surface area (Å²) in [6.07, 6.45) is 0.963. The molecule has 0 bridgehead atoms. The Hall–Kier alpha value is -2.16. The molecule has 1 atom stereocenters. The number of nitrogens with one attached hydrogen (secondary N) is 2. The van der Waals surface area contributed by atoms with Crippen LogP contribution in [-0.4, -0.2) is 45.8 Å². The number of nitrogens with zero attached hydrogens (tertiary/aromatic N) is 1. The van der Waals surface area contributed by atoms with Crippen LogP contribution >= 0.6 is 0 Å². The number of hydrogen-bond donors (Lipinski definition) is 2. The molecule has 1 aliphatic heterocycles. The zero-order chi connectivity index (χ0) is 18.0. The van der Waals surface area contributed by atoms with Gasteiger partial charge in [-0.25, -0.2) is 12.7 Å². The maximum absolute atomic E-state index is 12.3. The minimum absolute atomic E-state index is 0.0221. The highest BCUT2D eigenvalue weighted by atomic mass is 32.2. The van der Waals surface area contributed by atoms with Gasteiger partial charge in [-0.2, -0.15) is 0 Å². The summed E-state index contributed by atoms with van der Waals surface area (Å²) in [6, 6.07) is 10.8. The molecule has 1 aliphatic rings. The van der Waals surface area contributed by atoms with Crippen molar-refractivity contribution in [3.05, 3.63) is 53.3 Å². The van der Waals surface area contributed by atoms with Crippen molar-refractivity contribution in [2.24, 2.45) is 0 Å². The van der Waals surface area contributed by atoms with Gasteiger partial charge in [0, 0.05) is 26.7 Å². The molecule has 2 aromatic rings.